The Kier molecular flexibility index (Phi) is 6.92. The highest BCUT2D eigenvalue weighted by molar-refractivity contribution is 7.14. The number of nitriles is 1. The molecule has 2 rings (SSSR count). The zero-order valence-corrected chi connectivity index (χ0v) is 16.0. The van der Waals surface area contributed by atoms with E-state index >= 15 is 0 Å². The molecule has 1 aliphatic rings. The quantitative estimate of drug-likeness (QED) is 0.582. The van der Waals surface area contributed by atoms with Crippen molar-refractivity contribution in [3.63, 3.8) is 0 Å². The Morgan fingerprint density at radius 1 is 1.27 bits per heavy atom. The first-order valence-corrected chi connectivity index (χ1v) is 9.69. The summed E-state index contributed by atoms with van der Waals surface area (Å²) in [5, 5.41) is 12.1. The van der Waals surface area contributed by atoms with Crippen LogP contribution in [0.5, 0.6) is 0 Å². The standard InChI is InChI=1S/C19H24N2O4S/c1-13-6-8-16(26-13)15(22)7-9-17(23)25-14(2)18(24)21-19(12-20)10-4-3-5-11-19/h6,8,14H,3-5,7,9-11H2,1-2H3,(H,21,24)/t14-/m1/s1. The van der Waals surface area contributed by atoms with Crippen LogP contribution >= 0.6 is 11.3 Å². The molecule has 1 aliphatic carbocycles. The molecule has 0 saturated heterocycles. The number of rotatable bonds is 7. The van der Waals surface area contributed by atoms with Gasteiger partial charge in [-0.1, -0.05) is 19.3 Å². The fraction of sp³-hybridized carbons (Fsp3) is 0.579. The first kappa shape index (κ1) is 20.1. The molecule has 1 aromatic rings. The van der Waals surface area contributed by atoms with Crippen LogP contribution in [0.1, 0.15) is 66.4 Å². The van der Waals surface area contributed by atoms with E-state index in [1.807, 2.05) is 13.0 Å². The van der Waals surface area contributed by atoms with Crippen molar-refractivity contribution in [1.82, 2.24) is 5.32 Å². The average molecular weight is 376 g/mol. The van der Waals surface area contributed by atoms with E-state index in [2.05, 4.69) is 11.4 Å². The molecular formula is C19H24N2O4S. The molecule has 0 aromatic carbocycles. The van der Waals surface area contributed by atoms with Crippen molar-refractivity contribution in [2.45, 2.75) is 70.4 Å². The smallest absolute Gasteiger partial charge is 0.307 e. The van der Waals surface area contributed by atoms with Crippen molar-refractivity contribution in [2.75, 3.05) is 0 Å². The highest BCUT2D eigenvalue weighted by Crippen LogP contribution is 2.27. The number of hydrogen-bond donors (Lipinski definition) is 1. The van der Waals surface area contributed by atoms with Crippen LogP contribution in [-0.2, 0) is 14.3 Å². The summed E-state index contributed by atoms with van der Waals surface area (Å²) in [7, 11) is 0. The largest absolute Gasteiger partial charge is 0.453 e. The number of amides is 1. The maximum Gasteiger partial charge on any atom is 0.307 e. The van der Waals surface area contributed by atoms with Gasteiger partial charge in [0.2, 0.25) is 0 Å². The molecule has 0 aliphatic heterocycles. The van der Waals surface area contributed by atoms with E-state index < -0.39 is 23.5 Å². The molecule has 1 atom stereocenters. The summed E-state index contributed by atoms with van der Waals surface area (Å²) in [5.41, 5.74) is -0.858. The summed E-state index contributed by atoms with van der Waals surface area (Å²) in [6.45, 7) is 3.39. The topological polar surface area (TPSA) is 96.3 Å². The van der Waals surface area contributed by atoms with Gasteiger partial charge in [-0.2, -0.15) is 5.26 Å². The van der Waals surface area contributed by atoms with E-state index in [9.17, 15) is 19.6 Å². The minimum atomic E-state index is -0.992. The first-order chi connectivity index (χ1) is 12.3. The number of carbonyl (C=O) groups is 3. The summed E-state index contributed by atoms with van der Waals surface area (Å²) in [6.07, 6.45) is 3.07. The van der Waals surface area contributed by atoms with Crippen molar-refractivity contribution < 1.29 is 19.1 Å². The number of carbonyl (C=O) groups excluding carboxylic acids is 3. The van der Waals surface area contributed by atoms with E-state index in [4.69, 9.17) is 4.74 Å². The first-order valence-electron chi connectivity index (χ1n) is 8.87. The lowest BCUT2D eigenvalue weighted by atomic mass is 9.83. The second-order valence-electron chi connectivity index (χ2n) is 6.71. The van der Waals surface area contributed by atoms with Crippen LogP contribution < -0.4 is 5.32 Å². The fourth-order valence-electron chi connectivity index (χ4n) is 2.99. The van der Waals surface area contributed by atoms with Crippen molar-refractivity contribution >= 4 is 29.0 Å². The second kappa shape index (κ2) is 8.95. The van der Waals surface area contributed by atoms with E-state index in [1.165, 1.54) is 18.3 Å². The Bertz CT molecular complexity index is 713. The number of esters is 1. The Labute approximate surface area is 157 Å². The molecule has 1 aromatic heterocycles. The third kappa shape index (κ3) is 5.40. The van der Waals surface area contributed by atoms with Crippen molar-refractivity contribution in [2.24, 2.45) is 0 Å². The van der Waals surface area contributed by atoms with E-state index in [-0.39, 0.29) is 18.6 Å². The molecule has 7 heteroatoms. The highest BCUT2D eigenvalue weighted by Gasteiger charge is 2.35. The second-order valence-corrected chi connectivity index (χ2v) is 8.00. The third-order valence-electron chi connectivity index (χ3n) is 4.53. The summed E-state index contributed by atoms with van der Waals surface area (Å²) < 4.78 is 5.13. The number of Topliss-reactive ketones (excluding diaryl/α,β-unsaturated/α-hetero) is 1. The van der Waals surface area contributed by atoms with Gasteiger partial charge >= 0.3 is 5.97 Å². The summed E-state index contributed by atoms with van der Waals surface area (Å²) in [6, 6.07) is 5.81. The monoisotopic (exact) mass is 376 g/mol. The Morgan fingerprint density at radius 3 is 2.54 bits per heavy atom. The van der Waals surface area contributed by atoms with Crippen LogP contribution in [0.3, 0.4) is 0 Å². The van der Waals surface area contributed by atoms with Crippen LogP contribution in [0.25, 0.3) is 0 Å². The molecule has 1 N–H and O–H groups in total. The van der Waals surface area contributed by atoms with E-state index in [0.29, 0.717) is 17.7 Å². The number of aryl methyl sites for hydroxylation is 1. The number of ketones is 1. The number of hydrogen-bond acceptors (Lipinski definition) is 6. The fourth-order valence-corrected chi connectivity index (χ4v) is 3.83. The zero-order chi connectivity index (χ0) is 19.2. The van der Waals surface area contributed by atoms with Crippen LogP contribution in [-0.4, -0.2) is 29.3 Å². The molecule has 26 heavy (non-hydrogen) atoms. The predicted octanol–water partition coefficient (Wildman–Crippen LogP) is 3.29. The molecule has 1 amide bonds. The molecule has 0 radical (unpaired) electrons. The normalized spacial score (nSPS) is 17.0. The molecular weight excluding hydrogens is 352 g/mol. The molecule has 1 heterocycles. The average Bonchev–Trinajstić information content (AvgIpc) is 3.07. The van der Waals surface area contributed by atoms with Gasteiger partial charge in [-0.3, -0.25) is 14.4 Å². The Balaban J connectivity index is 1.79. The lowest BCUT2D eigenvalue weighted by molar-refractivity contribution is -0.155. The van der Waals surface area contributed by atoms with Gasteiger partial charge in [0.15, 0.2) is 11.9 Å². The maximum atomic E-state index is 12.3. The van der Waals surface area contributed by atoms with Crippen molar-refractivity contribution in [3.8, 4) is 6.07 Å². The number of thiophene rings is 1. The van der Waals surface area contributed by atoms with Gasteiger partial charge in [0, 0.05) is 11.3 Å². The number of nitrogens with one attached hydrogen (secondary N) is 1. The van der Waals surface area contributed by atoms with Crippen LogP contribution in [0, 0.1) is 18.3 Å². The molecule has 6 nitrogen and oxygen atoms in total. The molecule has 0 bridgehead atoms. The van der Waals surface area contributed by atoms with Gasteiger partial charge in [-0.05, 0) is 38.8 Å². The lowest BCUT2D eigenvalue weighted by Gasteiger charge is -2.32. The van der Waals surface area contributed by atoms with Gasteiger partial charge in [-0.15, -0.1) is 11.3 Å². The van der Waals surface area contributed by atoms with E-state index in [0.717, 1.165) is 24.1 Å². The van der Waals surface area contributed by atoms with Gasteiger partial charge in [0.25, 0.3) is 5.91 Å². The van der Waals surface area contributed by atoms with Gasteiger partial charge in [0.05, 0.1) is 17.4 Å². The predicted molar refractivity (Wildman–Crippen MR) is 97.7 cm³/mol. The maximum absolute atomic E-state index is 12.3. The molecule has 0 spiro atoms. The molecule has 140 valence electrons. The molecule has 1 saturated carbocycles. The highest BCUT2D eigenvalue weighted by atomic mass is 32.1. The van der Waals surface area contributed by atoms with Crippen molar-refractivity contribution in [3.05, 3.63) is 21.9 Å². The van der Waals surface area contributed by atoms with E-state index in [1.54, 1.807) is 6.07 Å². The SMILES string of the molecule is Cc1ccc(C(=O)CCC(=O)O[C@H](C)C(=O)NC2(C#N)CCCCC2)s1. The minimum Gasteiger partial charge on any atom is -0.453 e. The Morgan fingerprint density at radius 2 is 1.96 bits per heavy atom. The number of ether oxygens (including phenoxy) is 1. The molecule has 1 fully saturated rings. The summed E-state index contributed by atoms with van der Waals surface area (Å²) in [5.74, 6) is -1.17. The van der Waals surface area contributed by atoms with Gasteiger partial charge in [0.1, 0.15) is 5.54 Å². The lowest BCUT2D eigenvalue weighted by Crippen LogP contribution is -2.52. The minimum absolute atomic E-state index is 0.0509. The summed E-state index contributed by atoms with van der Waals surface area (Å²) >= 11 is 1.39. The third-order valence-corrected chi connectivity index (χ3v) is 5.57. The van der Waals surface area contributed by atoms with Crippen LogP contribution in [0.2, 0.25) is 0 Å². The van der Waals surface area contributed by atoms with Crippen molar-refractivity contribution in [1.29, 1.82) is 5.26 Å². The van der Waals surface area contributed by atoms with Crippen LogP contribution in [0.4, 0.5) is 0 Å². The van der Waals surface area contributed by atoms with Gasteiger partial charge in [-0.25, -0.2) is 0 Å². The molecule has 0 unspecified atom stereocenters. The van der Waals surface area contributed by atoms with Crippen LogP contribution in [0.15, 0.2) is 12.1 Å². The zero-order valence-electron chi connectivity index (χ0n) is 15.2. The number of nitrogens with zero attached hydrogens (tertiary/aromatic N) is 1. The Hall–Kier alpha value is -2.20. The summed E-state index contributed by atoms with van der Waals surface area (Å²) in [4.78, 5) is 37.9. The van der Waals surface area contributed by atoms with Gasteiger partial charge < -0.3 is 10.1 Å².